The monoisotopic (exact) mass is 444 g/mol. The molecule has 6 nitrogen and oxygen atoms in total. The molecule has 1 aliphatic heterocycles. The number of hydrogen-bond acceptors (Lipinski definition) is 4. The van der Waals surface area contributed by atoms with Crippen molar-refractivity contribution in [2.45, 2.75) is 57.9 Å². The van der Waals surface area contributed by atoms with Crippen molar-refractivity contribution in [3.05, 3.63) is 29.8 Å². The zero-order chi connectivity index (χ0) is 22.8. The van der Waals surface area contributed by atoms with Gasteiger partial charge in [-0.2, -0.15) is 0 Å². The summed E-state index contributed by atoms with van der Waals surface area (Å²) < 4.78 is 11.0. The first-order chi connectivity index (χ1) is 15.6. The van der Waals surface area contributed by atoms with E-state index < -0.39 is 0 Å². The molecule has 1 heterocycles. The van der Waals surface area contributed by atoms with Gasteiger partial charge in [0.05, 0.1) is 7.11 Å². The van der Waals surface area contributed by atoms with Crippen LogP contribution in [-0.4, -0.2) is 64.9 Å². The maximum Gasteiger partial charge on any atom is 0.191 e. The van der Waals surface area contributed by atoms with Crippen LogP contribution in [0.3, 0.4) is 0 Å². The maximum atomic E-state index is 5.67. The molecule has 1 aromatic rings. The molecule has 1 aromatic carbocycles. The Morgan fingerprint density at radius 2 is 1.91 bits per heavy atom. The lowest BCUT2D eigenvalue weighted by molar-refractivity contribution is 0.105. The van der Waals surface area contributed by atoms with Crippen LogP contribution >= 0.6 is 0 Å². The lowest BCUT2D eigenvalue weighted by atomic mass is 9.83. The second kappa shape index (κ2) is 12.4. The molecule has 1 saturated carbocycles. The number of benzene rings is 1. The molecule has 1 saturated heterocycles. The molecule has 0 spiro atoms. The fourth-order valence-electron chi connectivity index (χ4n) is 5.59. The predicted octanol–water partition coefficient (Wildman–Crippen LogP) is 4.23. The third-order valence-electron chi connectivity index (χ3n) is 7.50. The third-order valence-corrected chi connectivity index (χ3v) is 7.50. The molecule has 0 amide bonds. The van der Waals surface area contributed by atoms with Crippen LogP contribution in [-0.2, 0) is 4.74 Å². The summed E-state index contributed by atoms with van der Waals surface area (Å²) >= 11 is 0. The van der Waals surface area contributed by atoms with E-state index in [1.54, 1.807) is 7.11 Å². The molecule has 2 atom stereocenters. The summed E-state index contributed by atoms with van der Waals surface area (Å²) in [6.45, 7) is 6.79. The first-order valence-corrected chi connectivity index (χ1v) is 12.5. The van der Waals surface area contributed by atoms with Gasteiger partial charge in [-0.15, -0.1) is 0 Å². The highest BCUT2D eigenvalue weighted by atomic mass is 16.5. The molecule has 0 aromatic heterocycles. The van der Waals surface area contributed by atoms with Crippen LogP contribution in [0.5, 0.6) is 5.75 Å². The van der Waals surface area contributed by atoms with E-state index in [9.17, 15) is 0 Å². The standard InChI is InChI=1S/C26H44N4O2/c1-5-32-18-16-26(14-6-7-15-26)20-29-25(27-2)28-19-22-9-8-17-30(3)24(22)21-10-12-23(31-4)13-11-21/h10-13,22,24H,5-9,14-20H2,1-4H3,(H2,27,28,29). The number of guanidine groups is 1. The van der Waals surface area contributed by atoms with E-state index in [2.05, 4.69) is 58.8 Å². The van der Waals surface area contributed by atoms with Gasteiger partial charge in [0.25, 0.3) is 0 Å². The Bertz CT molecular complexity index is 700. The van der Waals surface area contributed by atoms with Gasteiger partial charge >= 0.3 is 0 Å². The van der Waals surface area contributed by atoms with E-state index in [0.29, 0.717) is 17.4 Å². The SMILES string of the molecule is CCOCCC1(CNC(=NC)NCC2CCCN(C)C2c2ccc(OC)cc2)CCCC1. The van der Waals surface area contributed by atoms with E-state index in [0.717, 1.165) is 51.0 Å². The van der Waals surface area contributed by atoms with Gasteiger partial charge in [-0.3, -0.25) is 9.89 Å². The topological polar surface area (TPSA) is 58.1 Å². The molecule has 2 aliphatic rings. The number of nitrogens with zero attached hydrogens (tertiary/aromatic N) is 2. The van der Waals surface area contributed by atoms with E-state index >= 15 is 0 Å². The van der Waals surface area contributed by atoms with Crippen LogP contribution in [0, 0.1) is 11.3 Å². The van der Waals surface area contributed by atoms with Gasteiger partial charge < -0.3 is 20.1 Å². The third kappa shape index (κ3) is 6.61. The molecule has 2 unspecified atom stereocenters. The zero-order valence-corrected chi connectivity index (χ0v) is 20.7. The van der Waals surface area contributed by atoms with Crippen molar-refractivity contribution >= 4 is 5.96 Å². The molecule has 2 fully saturated rings. The van der Waals surface area contributed by atoms with Crippen molar-refractivity contribution in [2.75, 3.05) is 54.1 Å². The molecule has 32 heavy (non-hydrogen) atoms. The minimum Gasteiger partial charge on any atom is -0.497 e. The summed E-state index contributed by atoms with van der Waals surface area (Å²) in [5, 5.41) is 7.30. The predicted molar refractivity (Wildman–Crippen MR) is 132 cm³/mol. The second-order valence-electron chi connectivity index (χ2n) is 9.56. The van der Waals surface area contributed by atoms with Crippen LogP contribution < -0.4 is 15.4 Å². The molecule has 6 heteroatoms. The number of nitrogens with one attached hydrogen (secondary N) is 2. The summed E-state index contributed by atoms with van der Waals surface area (Å²) in [6.07, 6.45) is 8.84. The zero-order valence-electron chi connectivity index (χ0n) is 20.7. The number of ether oxygens (including phenoxy) is 2. The first-order valence-electron chi connectivity index (χ1n) is 12.5. The molecular formula is C26H44N4O2. The Balaban J connectivity index is 1.57. The van der Waals surface area contributed by atoms with Gasteiger partial charge in [-0.25, -0.2) is 0 Å². The maximum absolute atomic E-state index is 5.67. The van der Waals surface area contributed by atoms with Gasteiger partial charge in [0.2, 0.25) is 0 Å². The number of aliphatic imine (C=N–C) groups is 1. The largest absolute Gasteiger partial charge is 0.497 e. The summed E-state index contributed by atoms with van der Waals surface area (Å²) in [5.41, 5.74) is 1.72. The Morgan fingerprint density at radius 3 is 2.56 bits per heavy atom. The van der Waals surface area contributed by atoms with Crippen LogP contribution in [0.1, 0.15) is 63.5 Å². The van der Waals surface area contributed by atoms with Crippen LogP contribution in [0.25, 0.3) is 0 Å². The summed E-state index contributed by atoms with van der Waals surface area (Å²) in [7, 11) is 5.85. The fourth-order valence-corrected chi connectivity index (χ4v) is 5.59. The van der Waals surface area contributed by atoms with Gasteiger partial charge in [-0.05, 0) is 81.6 Å². The Morgan fingerprint density at radius 1 is 1.16 bits per heavy atom. The highest BCUT2D eigenvalue weighted by Gasteiger charge is 2.34. The van der Waals surface area contributed by atoms with Crippen molar-refractivity contribution in [1.29, 1.82) is 0 Å². The van der Waals surface area contributed by atoms with E-state index in [-0.39, 0.29) is 0 Å². The number of piperidine rings is 1. The van der Waals surface area contributed by atoms with Crippen molar-refractivity contribution in [1.82, 2.24) is 15.5 Å². The highest BCUT2D eigenvalue weighted by Crippen LogP contribution is 2.40. The van der Waals surface area contributed by atoms with Gasteiger partial charge in [0.15, 0.2) is 5.96 Å². The Kier molecular flexibility index (Phi) is 9.67. The van der Waals surface area contributed by atoms with Crippen LogP contribution in [0.4, 0.5) is 0 Å². The average molecular weight is 445 g/mol. The molecule has 1 aliphatic carbocycles. The second-order valence-corrected chi connectivity index (χ2v) is 9.56. The highest BCUT2D eigenvalue weighted by molar-refractivity contribution is 5.79. The van der Waals surface area contributed by atoms with Gasteiger partial charge in [0, 0.05) is 39.4 Å². The lowest BCUT2D eigenvalue weighted by Crippen LogP contribution is -2.47. The smallest absolute Gasteiger partial charge is 0.191 e. The van der Waals surface area contributed by atoms with Gasteiger partial charge in [-0.1, -0.05) is 25.0 Å². The van der Waals surface area contributed by atoms with Crippen molar-refractivity contribution < 1.29 is 9.47 Å². The molecule has 2 N–H and O–H groups in total. The quantitative estimate of drug-likeness (QED) is 0.321. The van der Waals surface area contributed by atoms with Crippen LogP contribution in [0.2, 0.25) is 0 Å². The molecular weight excluding hydrogens is 400 g/mol. The minimum absolute atomic E-state index is 0.351. The summed E-state index contributed by atoms with van der Waals surface area (Å²) in [6, 6.07) is 8.99. The van der Waals surface area contributed by atoms with Crippen molar-refractivity contribution in [3.8, 4) is 5.75 Å². The fraction of sp³-hybridized carbons (Fsp3) is 0.731. The average Bonchev–Trinajstić information content (AvgIpc) is 3.28. The van der Waals surface area contributed by atoms with Crippen molar-refractivity contribution in [3.63, 3.8) is 0 Å². The normalized spacial score (nSPS) is 23.8. The number of methoxy groups -OCH3 is 1. The van der Waals surface area contributed by atoms with E-state index in [1.165, 1.54) is 44.1 Å². The molecule has 180 valence electrons. The molecule has 3 rings (SSSR count). The molecule has 0 bridgehead atoms. The number of rotatable bonds is 10. The summed E-state index contributed by atoms with van der Waals surface area (Å²) in [4.78, 5) is 7.03. The Hall–Kier alpha value is -1.79. The Labute approximate surface area is 195 Å². The lowest BCUT2D eigenvalue weighted by Gasteiger charge is -2.40. The van der Waals surface area contributed by atoms with Crippen LogP contribution in [0.15, 0.2) is 29.3 Å². The number of hydrogen-bond donors (Lipinski definition) is 2. The van der Waals surface area contributed by atoms with E-state index in [1.807, 2.05) is 7.05 Å². The number of likely N-dealkylation sites (tertiary alicyclic amines) is 1. The summed E-state index contributed by atoms with van der Waals surface area (Å²) in [5.74, 6) is 2.38. The van der Waals surface area contributed by atoms with Crippen molar-refractivity contribution in [2.24, 2.45) is 16.3 Å². The first kappa shape index (κ1) is 24.8. The molecule has 0 radical (unpaired) electrons. The minimum atomic E-state index is 0.351. The van der Waals surface area contributed by atoms with E-state index in [4.69, 9.17) is 9.47 Å². The van der Waals surface area contributed by atoms with Gasteiger partial charge in [0.1, 0.15) is 5.75 Å².